The van der Waals surface area contributed by atoms with Gasteiger partial charge in [-0.15, -0.1) is 0 Å². The molecule has 160 valence electrons. The molecule has 3 rings (SSSR count). The van der Waals surface area contributed by atoms with Gasteiger partial charge >= 0.3 is 5.97 Å². The van der Waals surface area contributed by atoms with Gasteiger partial charge in [0.1, 0.15) is 0 Å². The molecular weight excluding hydrogens is 398 g/mol. The van der Waals surface area contributed by atoms with Gasteiger partial charge in [0.25, 0.3) is 0 Å². The van der Waals surface area contributed by atoms with Crippen molar-refractivity contribution in [3.05, 3.63) is 72.1 Å². The zero-order chi connectivity index (χ0) is 22.2. The van der Waals surface area contributed by atoms with Crippen LogP contribution in [0, 0.1) is 0 Å². The van der Waals surface area contributed by atoms with Crippen LogP contribution in [0.5, 0.6) is 11.5 Å². The van der Waals surface area contributed by atoms with Crippen LogP contribution in [0.4, 0.5) is 5.69 Å². The van der Waals surface area contributed by atoms with Gasteiger partial charge in [0.2, 0.25) is 5.91 Å². The van der Waals surface area contributed by atoms with Crippen LogP contribution >= 0.6 is 0 Å². The molecule has 0 spiro atoms. The average molecular weight is 421 g/mol. The quantitative estimate of drug-likeness (QED) is 0.440. The van der Waals surface area contributed by atoms with Crippen LogP contribution in [0.25, 0.3) is 11.8 Å². The number of methoxy groups -OCH3 is 2. The van der Waals surface area contributed by atoms with Crippen molar-refractivity contribution in [1.82, 2.24) is 9.78 Å². The molecule has 0 saturated carbocycles. The summed E-state index contributed by atoms with van der Waals surface area (Å²) in [6.45, 7) is 2.02. The number of aromatic nitrogens is 2. The number of anilines is 1. The van der Waals surface area contributed by atoms with Gasteiger partial charge in [-0.1, -0.05) is 12.1 Å². The largest absolute Gasteiger partial charge is 0.493 e. The molecule has 0 aliphatic heterocycles. The maximum absolute atomic E-state index is 12.3. The van der Waals surface area contributed by atoms with Crippen LogP contribution in [0.3, 0.4) is 0 Å². The Hall–Kier alpha value is -4.07. The van der Waals surface area contributed by atoms with Crippen molar-refractivity contribution >= 4 is 23.6 Å². The van der Waals surface area contributed by atoms with Crippen molar-refractivity contribution in [2.24, 2.45) is 0 Å². The molecule has 0 fully saturated rings. The SMILES string of the molecule is CCOC(=O)c1ccn(-c2cccc(NC(=O)/C=C/c3ccc(OC)c(OC)c3)c2)n1. The van der Waals surface area contributed by atoms with Crippen molar-refractivity contribution in [2.45, 2.75) is 6.92 Å². The lowest BCUT2D eigenvalue weighted by atomic mass is 10.2. The summed E-state index contributed by atoms with van der Waals surface area (Å²) >= 11 is 0. The number of rotatable bonds is 8. The molecule has 2 aromatic carbocycles. The van der Waals surface area contributed by atoms with Crippen LogP contribution in [-0.2, 0) is 9.53 Å². The standard InChI is InChI=1S/C23H23N3O5/c1-4-31-23(28)19-12-13-26(25-19)18-7-5-6-17(15-18)24-22(27)11-9-16-8-10-20(29-2)21(14-16)30-3/h5-15H,4H2,1-3H3,(H,24,27)/b11-9+. The van der Waals surface area contributed by atoms with E-state index in [9.17, 15) is 9.59 Å². The first-order valence-electron chi connectivity index (χ1n) is 9.58. The van der Waals surface area contributed by atoms with E-state index >= 15 is 0 Å². The fourth-order valence-corrected chi connectivity index (χ4v) is 2.82. The maximum atomic E-state index is 12.3. The van der Waals surface area contributed by atoms with Gasteiger partial charge in [-0.25, -0.2) is 9.48 Å². The molecule has 0 aliphatic rings. The Morgan fingerprint density at radius 3 is 2.61 bits per heavy atom. The summed E-state index contributed by atoms with van der Waals surface area (Å²) < 4.78 is 17.0. The monoisotopic (exact) mass is 421 g/mol. The fourth-order valence-electron chi connectivity index (χ4n) is 2.82. The lowest BCUT2D eigenvalue weighted by molar-refractivity contribution is -0.111. The average Bonchev–Trinajstić information content (AvgIpc) is 3.28. The van der Waals surface area contributed by atoms with E-state index in [1.807, 2.05) is 12.1 Å². The molecule has 0 unspecified atom stereocenters. The lowest BCUT2D eigenvalue weighted by Gasteiger charge is -2.08. The number of benzene rings is 2. The van der Waals surface area contributed by atoms with Crippen molar-refractivity contribution in [1.29, 1.82) is 0 Å². The highest BCUT2D eigenvalue weighted by molar-refractivity contribution is 6.02. The number of esters is 1. The third-order valence-electron chi connectivity index (χ3n) is 4.29. The Bertz CT molecular complexity index is 1100. The first-order chi connectivity index (χ1) is 15.0. The minimum atomic E-state index is -0.481. The number of nitrogens with zero attached hydrogens (tertiary/aromatic N) is 2. The number of carbonyl (C=O) groups is 2. The van der Waals surface area contributed by atoms with Gasteiger partial charge in [-0.3, -0.25) is 4.79 Å². The third kappa shape index (κ3) is 5.51. The Morgan fingerprint density at radius 1 is 1.06 bits per heavy atom. The molecule has 8 nitrogen and oxygen atoms in total. The molecule has 3 aromatic rings. The second-order valence-electron chi connectivity index (χ2n) is 6.35. The van der Waals surface area contributed by atoms with Gasteiger partial charge < -0.3 is 19.5 Å². The highest BCUT2D eigenvalue weighted by Gasteiger charge is 2.11. The first kappa shape index (κ1) is 21.6. The van der Waals surface area contributed by atoms with Crippen molar-refractivity contribution in [2.75, 3.05) is 26.1 Å². The number of ether oxygens (including phenoxy) is 3. The molecular formula is C23H23N3O5. The molecule has 0 saturated heterocycles. The van der Waals surface area contributed by atoms with Crippen LogP contribution in [0.2, 0.25) is 0 Å². The maximum Gasteiger partial charge on any atom is 0.358 e. The fraction of sp³-hybridized carbons (Fsp3) is 0.174. The molecule has 1 amide bonds. The Balaban J connectivity index is 1.69. The van der Waals surface area contributed by atoms with E-state index < -0.39 is 5.97 Å². The second-order valence-corrected chi connectivity index (χ2v) is 6.35. The number of carbonyl (C=O) groups excluding carboxylic acids is 2. The van der Waals surface area contributed by atoms with Crippen molar-refractivity contribution in [3.63, 3.8) is 0 Å². The summed E-state index contributed by atoms with van der Waals surface area (Å²) in [4.78, 5) is 24.1. The predicted octanol–water partition coefficient (Wildman–Crippen LogP) is 3.72. The summed E-state index contributed by atoms with van der Waals surface area (Å²) in [5.41, 5.74) is 2.29. The zero-order valence-corrected chi connectivity index (χ0v) is 17.5. The van der Waals surface area contributed by atoms with E-state index in [4.69, 9.17) is 14.2 Å². The molecule has 1 aromatic heterocycles. The first-order valence-corrected chi connectivity index (χ1v) is 9.58. The van der Waals surface area contributed by atoms with Crippen LogP contribution in [0.1, 0.15) is 23.0 Å². The van der Waals surface area contributed by atoms with E-state index in [0.717, 1.165) is 5.56 Å². The summed E-state index contributed by atoms with van der Waals surface area (Å²) in [5.74, 6) is 0.426. The number of nitrogens with one attached hydrogen (secondary N) is 1. The zero-order valence-electron chi connectivity index (χ0n) is 17.5. The van der Waals surface area contributed by atoms with E-state index in [0.29, 0.717) is 22.9 Å². The predicted molar refractivity (Wildman–Crippen MR) is 117 cm³/mol. The summed E-state index contributed by atoms with van der Waals surface area (Å²) in [7, 11) is 3.12. The second kappa shape index (κ2) is 10.1. The van der Waals surface area contributed by atoms with Crippen LogP contribution in [0.15, 0.2) is 60.8 Å². The highest BCUT2D eigenvalue weighted by Crippen LogP contribution is 2.28. The molecule has 8 heteroatoms. The Kier molecular flexibility index (Phi) is 7.05. The van der Waals surface area contributed by atoms with Gasteiger partial charge in [0.05, 0.1) is 26.5 Å². The third-order valence-corrected chi connectivity index (χ3v) is 4.29. The highest BCUT2D eigenvalue weighted by atomic mass is 16.5. The minimum absolute atomic E-state index is 0.217. The smallest absolute Gasteiger partial charge is 0.358 e. The minimum Gasteiger partial charge on any atom is -0.493 e. The molecule has 0 bridgehead atoms. The van der Waals surface area contributed by atoms with Crippen molar-refractivity contribution in [3.8, 4) is 17.2 Å². The molecule has 0 radical (unpaired) electrons. The number of amides is 1. The Labute approximate surface area is 180 Å². The number of hydrogen-bond acceptors (Lipinski definition) is 6. The van der Waals surface area contributed by atoms with Gasteiger partial charge in [0.15, 0.2) is 17.2 Å². The Morgan fingerprint density at radius 2 is 1.87 bits per heavy atom. The molecule has 0 atom stereocenters. The molecule has 31 heavy (non-hydrogen) atoms. The van der Waals surface area contributed by atoms with E-state index in [1.165, 1.54) is 6.08 Å². The summed E-state index contributed by atoms with van der Waals surface area (Å²) in [5, 5.41) is 7.03. The summed E-state index contributed by atoms with van der Waals surface area (Å²) in [6, 6.07) is 14.1. The van der Waals surface area contributed by atoms with E-state index in [1.54, 1.807) is 74.5 Å². The molecule has 1 N–H and O–H groups in total. The number of hydrogen-bond donors (Lipinski definition) is 1. The summed E-state index contributed by atoms with van der Waals surface area (Å²) in [6.07, 6.45) is 4.77. The van der Waals surface area contributed by atoms with Crippen molar-refractivity contribution < 1.29 is 23.8 Å². The van der Waals surface area contributed by atoms with Gasteiger partial charge in [-0.2, -0.15) is 5.10 Å². The topological polar surface area (TPSA) is 91.7 Å². The van der Waals surface area contributed by atoms with E-state index in [-0.39, 0.29) is 18.2 Å². The molecule has 1 heterocycles. The van der Waals surface area contributed by atoms with E-state index in [2.05, 4.69) is 10.4 Å². The lowest BCUT2D eigenvalue weighted by Crippen LogP contribution is -2.09. The molecule has 0 aliphatic carbocycles. The van der Waals surface area contributed by atoms with Gasteiger partial charge in [-0.05, 0) is 55.0 Å². The van der Waals surface area contributed by atoms with Crippen LogP contribution in [-0.4, -0.2) is 42.5 Å². The van der Waals surface area contributed by atoms with Crippen LogP contribution < -0.4 is 14.8 Å². The van der Waals surface area contributed by atoms with Gasteiger partial charge in [0, 0.05) is 18.0 Å². The normalized spacial score (nSPS) is 10.7.